The maximum Gasteiger partial charge on any atom is 0.298 e. The number of nitrogens with one attached hydrogen (secondary N) is 1. The van der Waals surface area contributed by atoms with Crippen LogP contribution >= 0.6 is 0 Å². The maximum absolute atomic E-state index is 14.7. The molecule has 2 fully saturated rings. The van der Waals surface area contributed by atoms with Gasteiger partial charge in [-0.05, 0) is 43.4 Å². The largest absolute Gasteiger partial charge is 0.423 e. The van der Waals surface area contributed by atoms with Gasteiger partial charge >= 0.3 is 0 Å². The molecule has 2 aliphatic rings. The number of benzene rings is 1. The van der Waals surface area contributed by atoms with Crippen molar-refractivity contribution in [2.45, 2.75) is 32.1 Å². The first-order chi connectivity index (χ1) is 14.5. The van der Waals surface area contributed by atoms with Gasteiger partial charge in [-0.25, -0.2) is 8.78 Å². The monoisotopic (exact) mass is 418 g/mol. The van der Waals surface area contributed by atoms with Crippen molar-refractivity contribution in [3.63, 3.8) is 0 Å². The van der Waals surface area contributed by atoms with Gasteiger partial charge in [0.05, 0.1) is 0 Å². The smallest absolute Gasteiger partial charge is 0.298 e. The summed E-state index contributed by atoms with van der Waals surface area (Å²) in [7, 11) is 0. The second-order valence-corrected chi connectivity index (χ2v) is 7.61. The van der Waals surface area contributed by atoms with Crippen molar-refractivity contribution in [3.8, 4) is 0 Å². The van der Waals surface area contributed by atoms with Gasteiger partial charge in [-0.1, -0.05) is 0 Å². The molecule has 1 aliphatic carbocycles. The second kappa shape index (κ2) is 8.81. The molecule has 9 heteroatoms. The topological polar surface area (TPSA) is 78.7 Å². The number of anilines is 1. The summed E-state index contributed by atoms with van der Waals surface area (Å²) in [5.74, 6) is -1.97. The Kier molecular flexibility index (Phi) is 5.96. The zero-order valence-corrected chi connectivity index (χ0v) is 16.6. The summed E-state index contributed by atoms with van der Waals surface area (Å²) >= 11 is 0. The summed E-state index contributed by atoms with van der Waals surface area (Å²) < 4.78 is 33.9. The van der Waals surface area contributed by atoms with E-state index in [1.807, 2.05) is 0 Å². The van der Waals surface area contributed by atoms with E-state index in [0.717, 1.165) is 12.8 Å². The zero-order valence-electron chi connectivity index (χ0n) is 16.6. The minimum absolute atomic E-state index is 0.122. The van der Waals surface area contributed by atoms with Gasteiger partial charge in [0.2, 0.25) is 5.91 Å². The number of hydrogen-bond acceptors (Lipinski definition) is 5. The molecule has 1 saturated heterocycles. The molecule has 1 aromatic heterocycles. The Morgan fingerprint density at radius 3 is 2.70 bits per heavy atom. The zero-order chi connectivity index (χ0) is 21.1. The van der Waals surface area contributed by atoms with Gasteiger partial charge in [-0.15, -0.1) is 0 Å². The van der Waals surface area contributed by atoms with Crippen LogP contribution in [-0.2, 0) is 9.59 Å². The molecule has 0 radical (unpaired) electrons. The fourth-order valence-corrected chi connectivity index (χ4v) is 3.85. The minimum Gasteiger partial charge on any atom is -0.423 e. The number of allylic oxidation sites excluding steroid dienone is 1. The van der Waals surface area contributed by atoms with Crippen molar-refractivity contribution in [2.24, 2.45) is 0 Å². The molecule has 4 rings (SSSR count). The highest BCUT2D eigenvalue weighted by Crippen LogP contribution is 2.28. The predicted octanol–water partition coefficient (Wildman–Crippen LogP) is 2.92. The Balaban J connectivity index is 1.55. The number of oxazole rings is 1. The number of nitrogens with zero attached hydrogens (tertiary/aromatic N) is 3. The molecule has 1 N–H and O–H groups in total. The van der Waals surface area contributed by atoms with Gasteiger partial charge in [0, 0.05) is 45.2 Å². The molecular formula is C21H24F2N4O3. The average molecular weight is 418 g/mol. The van der Waals surface area contributed by atoms with E-state index in [4.69, 9.17) is 4.42 Å². The van der Waals surface area contributed by atoms with Gasteiger partial charge in [-0.3, -0.25) is 9.59 Å². The van der Waals surface area contributed by atoms with Crippen LogP contribution in [0.4, 0.5) is 14.8 Å². The highest BCUT2D eigenvalue weighted by Gasteiger charge is 2.26. The van der Waals surface area contributed by atoms with Crippen LogP contribution in [0.1, 0.15) is 32.1 Å². The summed E-state index contributed by atoms with van der Waals surface area (Å²) in [5, 5.41) is 2.78. The van der Waals surface area contributed by atoms with Crippen molar-refractivity contribution in [1.29, 1.82) is 0 Å². The van der Waals surface area contributed by atoms with E-state index in [1.54, 1.807) is 4.90 Å². The number of halogens is 2. The quantitative estimate of drug-likeness (QED) is 0.759. The maximum atomic E-state index is 14.7. The van der Waals surface area contributed by atoms with Gasteiger partial charge in [0.15, 0.2) is 11.4 Å². The van der Waals surface area contributed by atoms with Crippen LogP contribution < -0.4 is 10.2 Å². The number of amides is 2. The molecule has 0 atom stereocenters. The first-order valence-corrected chi connectivity index (χ1v) is 10.3. The molecule has 2 heterocycles. The fourth-order valence-electron chi connectivity index (χ4n) is 3.85. The lowest BCUT2D eigenvalue weighted by molar-refractivity contribution is -0.129. The highest BCUT2D eigenvalue weighted by molar-refractivity contribution is 5.92. The Labute approximate surface area is 172 Å². The van der Waals surface area contributed by atoms with Crippen LogP contribution in [0, 0.1) is 5.82 Å². The first-order valence-electron chi connectivity index (χ1n) is 10.3. The van der Waals surface area contributed by atoms with E-state index in [1.165, 1.54) is 23.1 Å². The Morgan fingerprint density at radius 1 is 1.10 bits per heavy atom. The molecule has 7 nitrogen and oxygen atoms in total. The number of carbonyl (C=O) groups is 2. The molecule has 160 valence electrons. The summed E-state index contributed by atoms with van der Waals surface area (Å²) in [6.45, 7) is 1.47. The lowest BCUT2D eigenvalue weighted by Gasteiger charge is -2.28. The SMILES string of the molecule is O=C1CCN(C(=O)C(F)=C2CCCC2)CCN(c2nc3cc(F)ccc3o2)CCN1. The lowest BCUT2D eigenvalue weighted by Crippen LogP contribution is -2.45. The first kappa shape index (κ1) is 20.3. The molecule has 1 aliphatic heterocycles. The Morgan fingerprint density at radius 2 is 1.90 bits per heavy atom. The molecule has 0 spiro atoms. The van der Waals surface area contributed by atoms with Gasteiger partial charge in [0.25, 0.3) is 11.9 Å². The molecule has 2 amide bonds. The summed E-state index contributed by atoms with van der Waals surface area (Å²) in [5.41, 5.74) is 1.40. The average Bonchev–Trinajstić information content (AvgIpc) is 3.41. The minimum atomic E-state index is -0.686. The molecule has 30 heavy (non-hydrogen) atoms. The molecule has 1 saturated carbocycles. The molecule has 0 unspecified atom stereocenters. The van der Waals surface area contributed by atoms with E-state index in [9.17, 15) is 18.4 Å². The Bertz CT molecular complexity index is 980. The third kappa shape index (κ3) is 4.44. The number of rotatable bonds is 2. The van der Waals surface area contributed by atoms with Crippen LogP contribution in [0.3, 0.4) is 0 Å². The Hall–Kier alpha value is -2.97. The van der Waals surface area contributed by atoms with E-state index in [0.29, 0.717) is 49.1 Å². The van der Waals surface area contributed by atoms with Crippen LogP contribution in [0.25, 0.3) is 11.1 Å². The van der Waals surface area contributed by atoms with Gasteiger partial charge in [-0.2, -0.15) is 4.98 Å². The normalized spacial score (nSPS) is 18.6. The third-order valence-corrected chi connectivity index (χ3v) is 5.55. The van der Waals surface area contributed by atoms with E-state index >= 15 is 0 Å². The van der Waals surface area contributed by atoms with Crippen LogP contribution in [0.2, 0.25) is 0 Å². The van der Waals surface area contributed by atoms with Crippen LogP contribution in [0.5, 0.6) is 0 Å². The molecule has 2 aromatic rings. The van der Waals surface area contributed by atoms with Gasteiger partial charge in [0.1, 0.15) is 11.3 Å². The second-order valence-electron chi connectivity index (χ2n) is 7.61. The van der Waals surface area contributed by atoms with Crippen molar-refractivity contribution < 1.29 is 22.8 Å². The fraction of sp³-hybridized carbons (Fsp3) is 0.476. The van der Waals surface area contributed by atoms with Gasteiger partial charge < -0.3 is 19.5 Å². The van der Waals surface area contributed by atoms with Crippen molar-refractivity contribution >= 4 is 28.9 Å². The van der Waals surface area contributed by atoms with E-state index in [2.05, 4.69) is 10.3 Å². The van der Waals surface area contributed by atoms with Crippen molar-refractivity contribution in [3.05, 3.63) is 35.4 Å². The summed E-state index contributed by atoms with van der Waals surface area (Å²) in [4.78, 5) is 32.3. The molecule has 1 aromatic carbocycles. The standard InChI is InChI=1S/C21H24F2N4O3/c22-15-5-6-17-16(13-15)25-21(30-17)27-10-8-24-18(28)7-9-26(11-12-27)20(29)19(23)14-3-1-2-4-14/h5-6,13H,1-4,7-12H2,(H,24,28). The van der Waals surface area contributed by atoms with E-state index in [-0.39, 0.29) is 31.4 Å². The predicted molar refractivity (Wildman–Crippen MR) is 107 cm³/mol. The highest BCUT2D eigenvalue weighted by atomic mass is 19.1. The van der Waals surface area contributed by atoms with Crippen LogP contribution in [0.15, 0.2) is 34.0 Å². The summed E-state index contributed by atoms with van der Waals surface area (Å²) in [6, 6.07) is 4.35. The lowest BCUT2D eigenvalue weighted by atomic mass is 10.2. The number of hydrogen-bond donors (Lipinski definition) is 1. The third-order valence-electron chi connectivity index (χ3n) is 5.55. The number of fused-ring (bicyclic) bond motifs is 1. The van der Waals surface area contributed by atoms with Crippen molar-refractivity contribution in [2.75, 3.05) is 37.6 Å². The van der Waals surface area contributed by atoms with Crippen LogP contribution in [-0.4, -0.2) is 54.4 Å². The van der Waals surface area contributed by atoms with E-state index < -0.39 is 17.6 Å². The number of aromatic nitrogens is 1. The number of carbonyl (C=O) groups excluding carboxylic acids is 2. The molecule has 0 bridgehead atoms. The summed E-state index contributed by atoms with van der Waals surface area (Å²) in [6.07, 6.45) is 3.13. The van der Waals surface area contributed by atoms with Crippen molar-refractivity contribution in [1.82, 2.24) is 15.2 Å². The molecular weight excluding hydrogens is 394 g/mol.